The van der Waals surface area contributed by atoms with Gasteiger partial charge in [-0.05, 0) is 35.6 Å². The van der Waals surface area contributed by atoms with Gasteiger partial charge in [0.1, 0.15) is 12.6 Å². The van der Waals surface area contributed by atoms with E-state index in [4.69, 9.17) is 0 Å². The number of nitrogens with one attached hydrogen (secondary N) is 1. The van der Waals surface area contributed by atoms with Crippen LogP contribution in [-0.4, -0.2) is 68.1 Å². The third-order valence-corrected chi connectivity index (χ3v) is 8.94. The summed E-state index contributed by atoms with van der Waals surface area (Å²) in [6.45, 7) is 2.65. The number of nitro groups is 1. The number of hydrogen-bond donors (Lipinski definition) is 1. The Hall–Kier alpha value is -4.50. The molecule has 9 nitrogen and oxygen atoms in total. The number of rotatable bonds is 5. The van der Waals surface area contributed by atoms with Gasteiger partial charge in [0.2, 0.25) is 11.8 Å². The lowest BCUT2D eigenvalue weighted by Gasteiger charge is -2.49. The monoisotopic (exact) mass is 549 g/mol. The van der Waals surface area contributed by atoms with Crippen molar-refractivity contribution in [2.45, 2.75) is 43.9 Å². The number of carbonyl (C=O) groups excluding carboxylic acids is 2. The quantitative estimate of drug-likeness (QED) is 0.293. The molecule has 1 aromatic heterocycles. The van der Waals surface area contributed by atoms with Gasteiger partial charge < -0.3 is 14.8 Å². The summed E-state index contributed by atoms with van der Waals surface area (Å²) in [6, 6.07) is 23.5. The van der Waals surface area contributed by atoms with Gasteiger partial charge in [-0.25, -0.2) is 0 Å². The summed E-state index contributed by atoms with van der Waals surface area (Å²) in [6.07, 6.45) is 2.06. The highest BCUT2D eigenvalue weighted by molar-refractivity contribution is 5.98. The summed E-state index contributed by atoms with van der Waals surface area (Å²) in [5, 5.41) is 12.6. The molecule has 0 spiro atoms. The number of piperidine rings is 1. The number of benzene rings is 3. The molecule has 41 heavy (non-hydrogen) atoms. The van der Waals surface area contributed by atoms with Crippen LogP contribution in [0.5, 0.6) is 0 Å². The fraction of sp³-hybridized carbons (Fsp3) is 0.312. The molecular formula is C32H31N5O4. The SMILES string of the molecule is O=C1[C@@H]2Cc3c([nH]c4ccccc34)[C@H](c3cccc([N+](=O)[O-])c3)N2C(=O)CN1C1CCN(Cc2ccccc2)CC1. The molecule has 0 bridgehead atoms. The molecular weight excluding hydrogens is 518 g/mol. The van der Waals surface area contributed by atoms with Crippen LogP contribution in [0.3, 0.4) is 0 Å². The number of aromatic nitrogens is 1. The highest BCUT2D eigenvalue weighted by Crippen LogP contribution is 2.43. The van der Waals surface area contributed by atoms with Crippen LogP contribution >= 0.6 is 0 Å². The molecule has 9 heteroatoms. The molecule has 0 unspecified atom stereocenters. The lowest BCUT2D eigenvalue weighted by Crippen LogP contribution is -2.65. The van der Waals surface area contributed by atoms with Crippen LogP contribution in [0.15, 0.2) is 78.9 Å². The first-order valence-corrected chi connectivity index (χ1v) is 14.2. The van der Waals surface area contributed by atoms with Gasteiger partial charge in [-0.15, -0.1) is 0 Å². The number of aromatic amines is 1. The molecule has 3 aliphatic heterocycles. The molecule has 3 aromatic carbocycles. The largest absolute Gasteiger partial charge is 0.356 e. The number of nitro benzene ring substituents is 1. The van der Waals surface area contributed by atoms with Crippen molar-refractivity contribution in [1.82, 2.24) is 19.7 Å². The summed E-state index contributed by atoms with van der Waals surface area (Å²) in [4.78, 5) is 48.7. The third kappa shape index (κ3) is 4.46. The number of nitrogens with zero attached hydrogens (tertiary/aromatic N) is 4. The number of non-ortho nitro benzene ring substituents is 1. The Kier molecular flexibility index (Phi) is 6.31. The van der Waals surface area contributed by atoms with Crippen LogP contribution in [0.1, 0.15) is 41.3 Å². The van der Waals surface area contributed by atoms with Gasteiger partial charge in [-0.1, -0.05) is 60.7 Å². The summed E-state index contributed by atoms with van der Waals surface area (Å²) in [7, 11) is 0. The lowest BCUT2D eigenvalue weighted by molar-refractivity contribution is -0.384. The zero-order valence-electron chi connectivity index (χ0n) is 22.6. The number of likely N-dealkylation sites (tertiary alicyclic amines) is 1. The normalized spacial score (nSPS) is 21.7. The van der Waals surface area contributed by atoms with Crippen molar-refractivity contribution in [2.75, 3.05) is 19.6 Å². The zero-order chi connectivity index (χ0) is 28.1. The first-order valence-electron chi connectivity index (χ1n) is 14.2. The van der Waals surface area contributed by atoms with E-state index in [2.05, 4.69) is 34.1 Å². The molecule has 4 heterocycles. The number of fused-ring (bicyclic) bond motifs is 4. The topological polar surface area (TPSA) is 103 Å². The Bertz CT molecular complexity index is 1640. The zero-order valence-corrected chi connectivity index (χ0v) is 22.6. The Labute approximate surface area is 237 Å². The Morgan fingerprint density at radius 2 is 1.68 bits per heavy atom. The van der Waals surface area contributed by atoms with Crippen molar-refractivity contribution >= 4 is 28.4 Å². The second-order valence-electron chi connectivity index (χ2n) is 11.3. The maximum absolute atomic E-state index is 14.2. The minimum Gasteiger partial charge on any atom is -0.356 e. The Morgan fingerprint density at radius 1 is 0.927 bits per heavy atom. The third-order valence-electron chi connectivity index (χ3n) is 8.94. The number of carbonyl (C=O) groups is 2. The highest BCUT2D eigenvalue weighted by Gasteiger charge is 2.49. The van der Waals surface area contributed by atoms with Gasteiger partial charge in [-0.3, -0.25) is 24.6 Å². The van der Waals surface area contributed by atoms with Crippen LogP contribution in [0.4, 0.5) is 5.69 Å². The van der Waals surface area contributed by atoms with E-state index in [1.807, 2.05) is 41.3 Å². The minimum absolute atomic E-state index is 0.0150. The van der Waals surface area contributed by atoms with Crippen molar-refractivity contribution < 1.29 is 14.5 Å². The summed E-state index contributed by atoms with van der Waals surface area (Å²) in [5.41, 5.74) is 4.61. The fourth-order valence-electron chi connectivity index (χ4n) is 6.98. The lowest BCUT2D eigenvalue weighted by atomic mass is 9.85. The Balaban J connectivity index is 1.20. The molecule has 7 rings (SSSR count). The first-order chi connectivity index (χ1) is 20.0. The van der Waals surface area contributed by atoms with Crippen molar-refractivity contribution in [3.05, 3.63) is 111 Å². The van der Waals surface area contributed by atoms with E-state index < -0.39 is 17.0 Å². The number of para-hydroxylation sites is 1. The molecule has 2 fully saturated rings. The molecule has 0 saturated carbocycles. The second-order valence-corrected chi connectivity index (χ2v) is 11.3. The summed E-state index contributed by atoms with van der Waals surface area (Å²) in [5.74, 6) is -0.153. The average molecular weight is 550 g/mol. The van der Waals surface area contributed by atoms with Crippen molar-refractivity contribution in [2.24, 2.45) is 0 Å². The first kappa shape index (κ1) is 25.5. The van der Waals surface area contributed by atoms with Crippen LogP contribution < -0.4 is 0 Å². The molecule has 1 N–H and O–H groups in total. The van der Waals surface area contributed by atoms with E-state index in [0.29, 0.717) is 12.0 Å². The molecule has 0 aliphatic carbocycles. The van der Waals surface area contributed by atoms with Gasteiger partial charge >= 0.3 is 0 Å². The van der Waals surface area contributed by atoms with Gasteiger partial charge in [0.25, 0.3) is 5.69 Å². The van der Waals surface area contributed by atoms with Gasteiger partial charge in [0, 0.05) is 60.8 Å². The number of amides is 2. The average Bonchev–Trinajstić information content (AvgIpc) is 3.37. The molecule has 0 radical (unpaired) electrons. The number of hydrogen-bond acceptors (Lipinski definition) is 5. The summed E-state index contributed by atoms with van der Waals surface area (Å²) >= 11 is 0. The van der Waals surface area contributed by atoms with Crippen LogP contribution in [-0.2, 0) is 22.6 Å². The van der Waals surface area contributed by atoms with Gasteiger partial charge in [0.15, 0.2) is 0 Å². The standard InChI is InChI=1S/C32H31N5O4/c38-29-20-35(23-13-15-34(16-14-23)19-21-7-2-1-3-8-21)32(39)28-18-26-25-11-4-5-12-27(25)33-30(26)31(36(28)29)22-9-6-10-24(17-22)37(40)41/h1-12,17,23,28,31,33H,13-16,18-20H2/t28-,31-/m0/s1. The van der Waals surface area contributed by atoms with Crippen LogP contribution in [0.2, 0.25) is 0 Å². The van der Waals surface area contributed by atoms with E-state index >= 15 is 0 Å². The van der Waals surface area contributed by atoms with Crippen molar-refractivity contribution in [1.29, 1.82) is 0 Å². The van der Waals surface area contributed by atoms with E-state index in [1.54, 1.807) is 11.0 Å². The molecule has 3 aliphatic rings. The van der Waals surface area contributed by atoms with Crippen LogP contribution in [0, 0.1) is 10.1 Å². The molecule has 2 atom stereocenters. The van der Waals surface area contributed by atoms with Crippen LogP contribution in [0.25, 0.3) is 10.9 Å². The van der Waals surface area contributed by atoms with E-state index in [0.717, 1.165) is 54.6 Å². The second kappa shape index (κ2) is 10.2. The van der Waals surface area contributed by atoms with E-state index in [-0.39, 0.29) is 30.1 Å². The predicted molar refractivity (Wildman–Crippen MR) is 154 cm³/mol. The van der Waals surface area contributed by atoms with Crippen molar-refractivity contribution in [3.63, 3.8) is 0 Å². The molecule has 4 aromatic rings. The fourth-order valence-corrected chi connectivity index (χ4v) is 6.98. The maximum Gasteiger partial charge on any atom is 0.269 e. The molecule has 208 valence electrons. The molecule has 2 amide bonds. The minimum atomic E-state index is -0.658. The smallest absolute Gasteiger partial charge is 0.269 e. The maximum atomic E-state index is 14.2. The number of piperazine rings is 1. The van der Waals surface area contributed by atoms with E-state index in [1.165, 1.54) is 17.7 Å². The molecule has 2 saturated heterocycles. The van der Waals surface area contributed by atoms with Gasteiger partial charge in [-0.2, -0.15) is 0 Å². The van der Waals surface area contributed by atoms with E-state index in [9.17, 15) is 19.7 Å². The summed E-state index contributed by atoms with van der Waals surface area (Å²) < 4.78 is 0. The van der Waals surface area contributed by atoms with Gasteiger partial charge in [0.05, 0.1) is 11.0 Å². The Morgan fingerprint density at radius 3 is 2.46 bits per heavy atom. The highest BCUT2D eigenvalue weighted by atomic mass is 16.6. The van der Waals surface area contributed by atoms with Crippen molar-refractivity contribution in [3.8, 4) is 0 Å². The number of H-pyrrole nitrogens is 1. The predicted octanol–water partition coefficient (Wildman–Crippen LogP) is 4.43.